The number of nitrogens with two attached hydrogens (primary N) is 1. The highest BCUT2D eigenvalue weighted by Crippen LogP contribution is 2.09. The minimum absolute atomic E-state index is 0.165. The second-order valence-electron chi connectivity index (χ2n) is 4.25. The Morgan fingerprint density at radius 2 is 1.89 bits per heavy atom. The molecule has 19 heavy (non-hydrogen) atoms. The molecule has 4 nitrogen and oxygen atoms in total. The minimum atomic E-state index is -0.620. The molecule has 1 aromatic heterocycles. The average molecular weight is 255 g/mol. The van der Waals surface area contributed by atoms with Crippen molar-refractivity contribution >= 4 is 5.91 Å². The summed E-state index contributed by atoms with van der Waals surface area (Å²) in [6.45, 7) is 0.538. The van der Waals surface area contributed by atoms with Crippen LogP contribution in [0.25, 0.3) is 0 Å². The van der Waals surface area contributed by atoms with Crippen molar-refractivity contribution in [3.8, 4) is 0 Å². The Hall–Kier alpha value is -2.20. The maximum atomic E-state index is 11.9. The number of hydrogen-bond donors (Lipinski definition) is 2. The van der Waals surface area contributed by atoms with Crippen LogP contribution in [0.1, 0.15) is 17.3 Å². The number of rotatable bonds is 5. The number of benzene rings is 1. The van der Waals surface area contributed by atoms with Crippen molar-refractivity contribution in [2.75, 3.05) is 6.54 Å². The molecule has 0 saturated heterocycles. The number of nitrogens with one attached hydrogen (secondary N) is 1. The van der Waals surface area contributed by atoms with E-state index in [0.717, 1.165) is 11.3 Å². The first-order valence-electron chi connectivity index (χ1n) is 6.25. The van der Waals surface area contributed by atoms with Gasteiger partial charge in [-0.2, -0.15) is 0 Å². The Labute approximate surface area is 112 Å². The molecule has 0 unspecified atom stereocenters. The van der Waals surface area contributed by atoms with E-state index in [0.29, 0.717) is 13.0 Å². The molecule has 1 atom stereocenters. The molecule has 0 spiro atoms. The number of pyridine rings is 1. The van der Waals surface area contributed by atoms with E-state index in [1.54, 1.807) is 6.20 Å². The van der Waals surface area contributed by atoms with Gasteiger partial charge >= 0.3 is 0 Å². The van der Waals surface area contributed by atoms with Crippen LogP contribution in [-0.4, -0.2) is 17.4 Å². The third-order valence-corrected chi connectivity index (χ3v) is 2.85. The minimum Gasteiger partial charge on any atom is -0.354 e. The van der Waals surface area contributed by atoms with Gasteiger partial charge in [0.05, 0.1) is 0 Å². The predicted octanol–water partition coefficient (Wildman–Crippen LogP) is 1.44. The first-order valence-corrected chi connectivity index (χ1v) is 6.25. The molecular formula is C15H17N3O. The van der Waals surface area contributed by atoms with Gasteiger partial charge in [-0.05, 0) is 17.7 Å². The lowest BCUT2D eigenvalue weighted by atomic mass is 10.1. The van der Waals surface area contributed by atoms with Crippen LogP contribution < -0.4 is 11.1 Å². The standard InChI is InChI=1S/C15H17N3O/c16-14(12-6-2-1-3-7-12)15(19)18-11-9-13-8-4-5-10-17-13/h1-8,10,14H,9,11,16H2,(H,18,19)/t14-/m1/s1. The molecule has 0 bridgehead atoms. The summed E-state index contributed by atoms with van der Waals surface area (Å²) in [5.41, 5.74) is 7.66. The van der Waals surface area contributed by atoms with Crippen molar-refractivity contribution in [3.63, 3.8) is 0 Å². The van der Waals surface area contributed by atoms with E-state index in [2.05, 4.69) is 10.3 Å². The van der Waals surface area contributed by atoms with Crippen molar-refractivity contribution in [2.45, 2.75) is 12.5 Å². The van der Waals surface area contributed by atoms with Crippen LogP contribution in [0.2, 0.25) is 0 Å². The molecule has 4 heteroatoms. The van der Waals surface area contributed by atoms with Gasteiger partial charge in [-0.15, -0.1) is 0 Å². The average Bonchev–Trinajstić information content (AvgIpc) is 2.48. The molecule has 0 radical (unpaired) electrons. The monoisotopic (exact) mass is 255 g/mol. The molecule has 0 aliphatic carbocycles. The quantitative estimate of drug-likeness (QED) is 0.849. The second kappa shape index (κ2) is 6.66. The van der Waals surface area contributed by atoms with Gasteiger partial charge in [-0.1, -0.05) is 36.4 Å². The summed E-state index contributed by atoms with van der Waals surface area (Å²) in [5, 5.41) is 2.83. The molecule has 0 aliphatic heterocycles. The highest BCUT2D eigenvalue weighted by molar-refractivity contribution is 5.82. The zero-order chi connectivity index (χ0) is 13.5. The van der Waals surface area contributed by atoms with E-state index < -0.39 is 6.04 Å². The Morgan fingerprint density at radius 3 is 2.58 bits per heavy atom. The van der Waals surface area contributed by atoms with Gasteiger partial charge in [0.15, 0.2) is 0 Å². The van der Waals surface area contributed by atoms with Crippen LogP contribution in [0.4, 0.5) is 0 Å². The normalized spacial score (nSPS) is 11.8. The molecular weight excluding hydrogens is 238 g/mol. The van der Waals surface area contributed by atoms with Gasteiger partial charge in [0.25, 0.3) is 0 Å². The smallest absolute Gasteiger partial charge is 0.241 e. The van der Waals surface area contributed by atoms with Crippen LogP contribution in [0.15, 0.2) is 54.7 Å². The Bertz CT molecular complexity index is 513. The maximum absolute atomic E-state index is 11.9. The van der Waals surface area contributed by atoms with Crippen molar-refractivity contribution in [1.29, 1.82) is 0 Å². The first-order chi connectivity index (χ1) is 9.27. The predicted molar refractivity (Wildman–Crippen MR) is 74.3 cm³/mol. The molecule has 0 saturated carbocycles. The topological polar surface area (TPSA) is 68.0 Å². The number of aromatic nitrogens is 1. The Morgan fingerprint density at radius 1 is 1.16 bits per heavy atom. The fraction of sp³-hybridized carbons (Fsp3) is 0.200. The number of nitrogens with zero attached hydrogens (tertiary/aromatic N) is 1. The van der Waals surface area contributed by atoms with Crippen LogP contribution >= 0.6 is 0 Å². The molecule has 2 rings (SSSR count). The molecule has 3 N–H and O–H groups in total. The zero-order valence-corrected chi connectivity index (χ0v) is 10.6. The second-order valence-corrected chi connectivity index (χ2v) is 4.25. The fourth-order valence-electron chi connectivity index (χ4n) is 1.78. The highest BCUT2D eigenvalue weighted by atomic mass is 16.2. The first kappa shape index (κ1) is 13.2. The highest BCUT2D eigenvalue weighted by Gasteiger charge is 2.14. The van der Waals surface area contributed by atoms with Gasteiger partial charge in [-0.25, -0.2) is 0 Å². The van der Waals surface area contributed by atoms with Gasteiger partial charge in [0.1, 0.15) is 6.04 Å². The molecule has 1 heterocycles. The van der Waals surface area contributed by atoms with E-state index in [9.17, 15) is 4.79 Å². The van der Waals surface area contributed by atoms with Crippen molar-refractivity contribution in [2.24, 2.45) is 5.73 Å². The molecule has 1 aromatic carbocycles. The summed E-state index contributed by atoms with van der Waals surface area (Å²) in [6, 6.07) is 14.5. The van der Waals surface area contributed by atoms with E-state index in [-0.39, 0.29) is 5.91 Å². The van der Waals surface area contributed by atoms with Crippen molar-refractivity contribution in [1.82, 2.24) is 10.3 Å². The van der Waals surface area contributed by atoms with E-state index >= 15 is 0 Å². The lowest BCUT2D eigenvalue weighted by Crippen LogP contribution is -2.35. The van der Waals surface area contributed by atoms with Gasteiger partial charge < -0.3 is 11.1 Å². The Balaban J connectivity index is 1.82. The van der Waals surface area contributed by atoms with E-state index in [1.807, 2.05) is 48.5 Å². The number of hydrogen-bond acceptors (Lipinski definition) is 3. The van der Waals surface area contributed by atoms with Crippen LogP contribution in [0.5, 0.6) is 0 Å². The van der Waals surface area contributed by atoms with Crippen LogP contribution in [0, 0.1) is 0 Å². The van der Waals surface area contributed by atoms with Crippen molar-refractivity contribution < 1.29 is 4.79 Å². The van der Waals surface area contributed by atoms with Crippen LogP contribution in [-0.2, 0) is 11.2 Å². The summed E-state index contributed by atoms with van der Waals surface area (Å²) in [7, 11) is 0. The van der Waals surface area contributed by atoms with Crippen molar-refractivity contribution in [3.05, 3.63) is 66.0 Å². The van der Waals surface area contributed by atoms with E-state index in [4.69, 9.17) is 5.73 Å². The number of carbonyl (C=O) groups is 1. The molecule has 98 valence electrons. The summed E-state index contributed by atoms with van der Waals surface area (Å²) < 4.78 is 0. The number of carbonyl (C=O) groups excluding carboxylic acids is 1. The van der Waals surface area contributed by atoms with Crippen LogP contribution in [0.3, 0.4) is 0 Å². The third-order valence-electron chi connectivity index (χ3n) is 2.85. The summed E-state index contributed by atoms with van der Waals surface area (Å²) in [5.74, 6) is -0.165. The largest absolute Gasteiger partial charge is 0.354 e. The third kappa shape index (κ3) is 3.89. The summed E-state index contributed by atoms with van der Waals surface area (Å²) in [4.78, 5) is 16.1. The van der Waals surface area contributed by atoms with Gasteiger partial charge in [0.2, 0.25) is 5.91 Å². The molecule has 2 aromatic rings. The lowest BCUT2D eigenvalue weighted by Gasteiger charge is -2.12. The SMILES string of the molecule is N[C@@H](C(=O)NCCc1ccccn1)c1ccccc1. The van der Waals surface area contributed by atoms with Gasteiger partial charge in [0, 0.05) is 24.9 Å². The fourth-order valence-corrected chi connectivity index (χ4v) is 1.78. The van der Waals surface area contributed by atoms with Gasteiger partial charge in [-0.3, -0.25) is 9.78 Å². The molecule has 0 fully saturated rings. The molecule has 1 amide bonds. The number of amides is 1. The summed E-state index contributed by atoms with van der Waals surface area (Å²) in [6.07, 6.45) is 2.45. The zero-order valence-electron chi connectivity index (χ0n) is 10.6. The maximum Gasteiger partial charge on any atom is 0.241 e. The summed E-state index contributed by atoms with van der Waals surface area (Å²) >= 11 is 0. The van der Waals surface area contributed by atoms with E-state index in [1.165, 1.54) is 0 Å². The lowest BCUT2D eigenvalue weighted by molar-refractivity contribution is -0.122. The Kier molecular flexibility index (Phi) is 4.64. The molecule has 0 aliphatic rings.